The number of rotatable bonds is 7. The highest BCUT2D eigenvalue weighted by atomic mass is 16.6. The number of hydrogen-bond acceptors (Lipinski definition) is 4. The van der Waals surface area contributed by atoms with E-state index in [9.17, 15) is 4.79 Å². The standard InChI is InChI=1S/C20H24N2O3/c1-2-3-11-20(23)22-16-8-6-7-15(12-16)21-13-17-14-24-18-9-4-5-10-19(18)25-17/h4-10,12,17,21H,2-3,11,13-14H2,1H3,(H,22,23). The van der Waals surface area contributed by atoms with Crippen LogP contribution in [0.1, 0.15) is 26.2 Å². The summed E-state index contributed by atoms with van der Waals surface area (Å²) >= 11 is 0. The number of ether oxygens (including phenoxy) is 2. The first kappa shape index (κ1) is 17.1. The number of para-hydroxylation sites is 2. The van der Waals surface area contributed by atoms with Crippen LogP contribution in [0.15, 0.2) is 48.5 Å². The normalized spacial score (nSPS) is 15.5. The molecule has 132 valence electrons. The third-order valence-electron chi connectivity index (χ3n) is 4.01. The van der Waals surface area contributed by atoms with E-state index in [2.05, 4.69) is 17.6 Å². The van der Waals surface area contributed by atoms with Crippen LogP contribution in [0, 0.1) is 0 Å². The van der Waals surface area contributed by atoms with Crippen LogP contribution >= 0.6 is 0 Å². The van der Waals surface area contributed by atoms with Gasteiger partial charge in [-0.15, -0.1) is 0 Å². The van der Waals surface area contributed by atoms with Gasteiger partial charge in [0.25, 0.3) is 0 Å². The van der Waals surface area contributed by atoms with Crippen molar-refractivity contribution in [3.05, 3.63) is 48.5 Å². The molecule has 1 amide bonds. The van der Waals surface area contributed by atoms with Crippen molar-refractivity contribution < 1.29 is 14.3 Å². The van der Waals surface area contributed by atoms with E-state index in [0.29, 0.717) is 19.6 Å². The highest BCUT2D eigenvalue weighted by molar-refractivity contribution is 5.91. The Labute approximate surface area is 148 Å². The molecular formula is C20H24N2O3. The van der Waals surface area contributed by atoms with Crippen molar-refractivity contribution in [2.24, 2.45) is 0 Å². The molecule has 2 aromatic rings. The average molecular weight is 340 g/mol. The Balaban J connectivity index is 1.52. The molecule has 0 aliphatic carbocycles. The number of amides is 1. The van der Waals surface area contributed by atoms with Crippen molar-refractivity contribution in [3.8, 4) is 11.5 Å². The number of fused-ring (bicyclic) bond motifs is 1. The van der Waals surface area contributed by atoms with E-state index >= 15 is 0 Å². The second kappa shape index (κ2) is 8.42. The Morgan fingerprint density at radius 3 is 2.76 bits per heavy atom. The lowest BCUT2D eigenvalue weighted by Gasteiger charge is -2.26. The fraction of sp³-hybridized carbons (Fsp3) is 0.350. The van der Waals surface area contributed by atoms with E-state index in [1.165, 1.54) is 0 Å². The Kier molecular flexibility index (Phi) is 5.77. The van der Waals surface area contributed by atoms with Gasteiger partial charge >= 0.3 is 0 Å². The third kappa shape index (κ3) is 4.89. The van der Waals surface area contributed by atoms with Crippen LogP contribution in [-0.4, -0.2) is 25.2 Å². The van der Waals surface area contributed by atoms with E-state index in [1.54, 1.807) is 0 Å². The summed E-state index contributed by atoms with van der Waals surface area (Å²) in [5.41, 5.74) is 1.74. The quantitative estimate of drug-likeness (QED) is 0.798. The van der Waals surface area contributed by atoms with Crippen LogP contribution in [0.2, 0.25) is 0 Å². The number of carbonyl (C=O) groups is 1. The van der Waals surface area contributed by atoms with Gasteiger partial charge in [-0.3, -0.25) is 4.79 Å². The van der Waals surface area contributed by atoms with Gasteiger partial charge in [0.1, 0.15) is 12.7 Å². The Morgan fingerprint density at radius 2 is 1.92 bits per heavy atom. The zero-order valence-electron chi connectivity index (χ0n) is 14.5. The van der Waals surface area contributed by atoms with Crippen LogP contribution in [0.5, 0.6) is 11.5 Å². The number of benzene rings is 2. The molecule has 2 N–H and O–H groups in total. The summed E-state index contributed by atoms with van der Waals surface area (Å²) in [5.74, 6) is 1.62. The summed E-state index contributed by atoms with van der Waals surface area (Å²) < 4.78 is 11.7. The lowest BCUT2D eigenvalue weighted by atomic mass is 10.2. The maximum atomic E-state index is 11.8. The zero-order chi connectivity index (χ0) is 17.5. The molecule has 0 saturated heterocycles. The fourth-order valence-corrected chi connectivity index (χ4v) is 2.66. The fourth-order valence-electron chi connectivity index (χ4n) is 2.66. The molecule has 5 nitrogen and oxygen atoms in total. The molecule has 0 radical (unpaired) electrons. The van der Waals surface area contributed by atoms with Crippen molar-refractivity contribution in [3.63, 3.8) is 0 Å². The number of nitrogens with one attached hydrogen (secondary N) is 2. The summed E-state index contributed by atoms with van der Waals surface area (Å²) in [6.07, 6.45) is 2.42. The molecule has 1 heterocycles. The predicted octanol–water partition coefficient (Wildman–Crippen LogP) is 4.07. The highest BCUT2D eigenvalue weighted by Crippen LogP contribution is 2.30. The lowest BCUT2D eigenvalue weighted by Crippen LogP contribution is -2.35. The van der Waals surface area contributed by atoms with Gasteiger partial charge in [0.2, 0.25) is 5.91 Å². The molecule has 5 heteroatoms. The summed E-state index contributed by atoms with van der Waals surface area (Å²) in [6.45, 7) is 3.21. The molecule has 3 rings (SSSR count). The lowest BCUT2D eigenvalue weighted by molar-refractivity contribution is -0.116. The van der Waals surface area contributed by atoms with E-state index < -0.39 is 0 Å². The largest absolute Gasteiger partial charge is 0.486 e. The molecular weight excluding hydrogens is 316 g/mol. The van der Waals surface area contributed by atoms with E-state index in [-0.39, 0.29) is 12.0 Å². The maximum absolute atomic E-state index is 11.8. The van der Waals surface area contributed by atoms with Gasteiger partial charge in [-0.05, 0) is 36.8 Å². The van der Waals surface area contributed by atoms with Gasteiger partial charge in [0, 0.05) is 17.8 Å². The molecule has 0 bridgehead atoms. The molecule has 0 saturated carbocycles. The number of unbranched alkanes of at least 4 members (excludes halogenated alkanes) is 1. The van der Waals surface area contributed by atoms with E-state index in [0.717, 1.165) is 35.7 Å². The van der Waals surface area contributed by atoms with Gasteiger partial charge in [0.05, 0.1) is 6.54 Å². The molecule has 0 fully saturated rings. The van der Waals surface area contributed by atoms with E-state index in [1.807, 2.05) is 48.5 Å². The Morgan fingerprint density at radius 1 is 1.12 bits per heavy atom. The minimum absolute atomic E-state index is 0.0552. The number of carbonyl (C=O) groups excluding carboxylic acids is 1. The van der Waals surface area contributed by atoms with Crippen LogP contribution in [-0.2, 0) is 4.79 Å². The average Bonchev–Trinajstić information content (AvgIpc) is 2.65. The first-order chi connectivity index (χ1) is 12.2. The highest BCUT2D eigenvalue weighted by Gasteiger charge is 2.20. The van der Waals surface area contributed by atoms with Gasteiger partial charge in [-0.25, -0.2) is 0 Å². The minimum atomic E-state index is -0.0577. The Hall–Kier alpha value is -2.69. The predicted molar refractivity (Wildman–Crippen MR) is 99.4 cm³/mol. The third-order valence-corrected chi connectivity index (χ3v) is 4.01. The van der Waals surface area contributed by atoms with Gasteiger partial charge in [0.15, 0.2) is 11.5 Å². The van der Waals surface area contributed by atoms with Crippen molar-refractivity contribution in [2.75, 3.05) is 23.8 Å². The molecule has 1 atom stereocenters. The molecule has 1 unspecified atom stereocenters. The van der Waals surface area contributed by atoms with Crippen molar-refractivity contribution in [2.45, 2.75) is 32.3 Å². The molecule has 1 aliphatic rings. The van der Waals surface area contributed by atoms with E-state index in [4.69, 9.17) is 9.47 Å². The van der Waals surface area contributed by atoms with Crippen molar-refractivity contribution >= 4 is 17.3 Å². The molecule has 2 aromatic carbocycles. The topological polar surface area (TPSA) is 59.6 Å². The number of anilines is 2. The monoisotopic (exact) mass is 340 g/mol. The first-order valence-corrected chi connectivity index (χ1v) is 8.77. The summed E-state index contributed by atoms with van der Waals surface area (Å²) in [5, 5.41) is 6.28. The van der Waals surface area contributed by atoms with Crippen molar-refractivity contribution in [1.82, 2.24) is 0 Å². The summed E-state index contributed by atoms with van der Waals surface area (Å²) in [4.78, 5) is 11.8. The minimum Gasteiger partial charge on any atom is -0.486 e. The van der Waals surface area contributed by atoms with Gasteiger partial charge in [-0.1, -0.05) is 31.5 Å². The number of hydrogen-bond donors (Lipinski definition) is 2. The SMILES string of the molecule is CCCCC(=O)Nc1cccc(NCC2COc3ccccc3O2)c1. The van der Waals surface area contributed by atoms with Gasteiger partial charge < -0.3 is 20.1 Å². The smallest absolute Gasteiger partial charge is 0.224 e. The maximum Gasteiger partial charge on any atom is 0.224 e. The summed E-state index contributed by atoms with van der Waals surface area (Å²) in [7, 11) is 0. The summed E-state index contributed by atoms with van der Waals surface area (Å²) in [6, 6.07) is 15.4. The molecule has 0 aromatic heterocycles. The second-order valence-electron chi connectivity index (χ2n) is 6.11. The molecule has 0 spiro atoms. The second-order valence-corrected chi connectivity index (χ2v) is 6.11. The zero-order valence-corrected chi connectivity index (χ0v) is 14.5. The van der Waals surface area contributed by atoms with Crippen LogP contribution in [0.4, 0.5) is 11.4 Å². The molecule has 25 heavy (non-hydrogen) atoms. The van der Waals surface area contributed by atoms with Crippen LogP contribution < -0.4 is 20.1 Å². The Bertz CT molecular complexity index is 718. The first-order valence-electron chi connectivity index (χ1n) is 8.77. The van der Waals surface area contributed by atoms with Gasteiger partial charge in [-0.2, -0.15) is 0 Å². The van der Waals surface area contributed by atoms with Crippen molar-refractivity contribution in [1.29, 1.82) is 0 Å². The molecule has 1 aliphatic heterocycles. The van der Waals surface area contributed by atoms with Crippen LogP contribution in [0.3, 0.4) is 0 Å². The van der Waals surface area contributed by atoms with Crippen LogP contribution in [0.25, 0.3) is 0 Å².